The molecule has 2 rings (SSSR count). The summed E-state index contributed by atoms with van der Waals surface area (Å²) >= 11 is 0. The summed E-state index contributed by atoms with van der Waals surface area (Å²) in [5.41, 5.74) is -1.34. The van der Waals surface area contributed by atoms with Crippen molar-refractivity contribution < 1.29 is 19.4 Å². The van der Waals surface area contributed by atoms with Crippen molar-refractivity contribution in [3.8, 4) is 0 Å². The number of piperidine rings is 2. The number of esters is 1. The third kappa shape index (κ3) is 1.69. The van der Waals surface area contributed by atoms with Crippen molar-refractivity contribution >= 4 is 11.9 Å². The van der Waals surface area contributed by atoms with Gasteiger partial charge in [-0.1, -0.05) is 0 Å². The maximum atomic E-state index is 11.7. The second kappa shape index (κ2) is 4.05. The molecule has 3 atom stereocenters. The number of carboxylic acid groups (broad SMARTS) is 1. The summed E-state index contributed by atoms with van der Waals surface area (Å²) in [5.74, 6) is -1.33. The number of carboxylic acids is 1. The van der Waals surface area contributed by atoms with Gasteiger partial charge in [0.25, 0.3) is 0 Å². The normalized spacial score (nSPS) is 37.8. The number of rotatable bonds is 2. The molecular formula is C11H17NO4. The largest absolute Gasteiger partial charge is 0.480 e. The molecular weight excluding hydrogens is 210 g/mol. The summed E-state index contributed by atoms with van der Waals surface area (Å²) in [6.45, 7) is 2.11. The lowest BCUT2D eigenvalue weighted by atomic mass is 9.72. The number of carbonyl (C=O) groups excluding carboxylic acids is 1. The second-order valence-corrected chi connectivity index (χ2v) is 4.83. The van der Waals surface area contributed by atoms with E-state index in [1.54, 1.807) is 0 Å². The van der Waals surface area contributed by atoms with Gasteiger partial charge in [0.05, 0.1) is 7.11 Å². The van der Waals surface area contributed by atoms with Crippen LogP contribution in [-0.4, -0.2) is 48.7 Å². The van der Waals surface area contributed by atoms with Gasteiger partial charge < -0.3 is 14.7 Å². The van der Waals surface area contributed by atoms with Gasteiger partial charge in [0.15, 0.2) is 5.41 Å². The van der Waals surface area contributed by atoms with Crippen molar-refractivity contribution in [3.63, 3.8) is 0 Å². The Morgan fingerprint density at radius 2 is 2.25 bits per heavy atom. The average Bonchev–Trinajstić information content (AvgIpc) is 2.27. The summed E-state index contributed by atoms with van der Waals surface area (Å²) in [5, 5.41) is 9.32. The van der Waals surface area contributed by atoms with Gasteiger partial charge in [0, 0.05) is 13.1 Å². The first-order valence-corrected chi connectivity index (χ1v) is 5.62. The Kier molecular flexibility index (Phi) is 2.88. The lowest BCUT2D eigenvalue weighted by Gasteiger charge is -2.45. The van der Waals surface area contributed by atoms with Crippen LogP contribution in [0.4, 0.5) is 0 Å². The predicted octanol–water partition coefficient (Wildman–Crippen LogP) is 0.346. The zero-order valence-corrected chi connectivity index (χ0v) is 9.44. The Morgan fingerprint density at radius 3 is 2.81 bits per heavy atom. The van der Waals surface area contributed by atoms with Crippen LogP contribution in [0.25, 0.3) is 0 Å². The van der Waals surface area contributed by atoms with Crippen molar-refractivity contribution in [2.45, 2.75) is 19.3 Å². The van der Waals surface area contributed by atoms with Crippen LogP contribution in [0.1, 0.15) is 19.3 Å². The number of methoxy groups -OCH3 is 1. The summed E-state index contributed by atoms with van der Waals surface area (Å²) in [6.07, 6.45) is 2.54. The first-order valence-electron chi connectivity index (χ1n) is 5.62. The smallest absolute Gasteiger partial charge is 0.324 e. The van der Waals surface area contributed by atoms with Crippen molar-refractivity contribution in [2.24, 2.45) is 11.3 Å². The number of hydrogen-bond acceptors (Lipinski definition) is 4. The van der Waals surface area contributed by atoms with Crippen LogP contribution in [0.15, 0.2) is 0 Å². The van der Waals surface area contributed by atoms with E-state index in [0.717, 1.165) is 25.9 Å². The van der Waals surface area contributed by atoms with E-state index in [-0.39, 0.29) is 0 Å². The highest BCUT2D eigenvalue weighted by Crippen LogP contribution is 2.39. The zero-order valence-electron chi connectivity index (χ0n) is 9.44. The van der Waals surface area contributed by atoms with Gasteiger partial charge in [-0.05, 0) is 31.7 Å². The molecule has 5 heteroatoms. The van der Waals surface area contributed by atoms with Crippen LogP contribution in [0, 0.1) is 11.3 Å². The molecule has 0 spiro atoms. The Morgan fingerprint density at radius 1 is 1.50 bits per heavy atom. The van der Waals surface area contributed by atoms with Crippen molar-refractivity contribution in [1.82, 2.24) is 4.90 Å². The third-order valence-electron chi connectivity index (χ3n) is 3.72. The van der Waals surface area contributed by atoms with Gasteiger partial charge in [-0.25, -0.2) is 0 Å². The maximum Gasteiger partial charge on any atom is 0.324 e. The lowest BCUT2D eigenvalue weighted by Crippen LogP contribution is -2.57. The number of carbonyl (C=O) groups is 2. The van der Waals surface area contributed by atoms with Crippen molar-refractivity contribution in [2.75, 3.05) is 26.7 Å². The molecule has 0 radical (unpaired) electrons. The van der Waals surface area contributed by atoms with Gasteiger partial charge >= 0.3 is 11.9 Å². The van der Waals surface area contributed by atoms with Crippen LogP contribution in [0.2, 0.25) is 0 Å². The van der Waals surface area contributed by atoms with Crippen LogP contribution in [-0.2, 0) is 14.3 Å². The molecule has 1 N–H and O–H groups in total. The molecule has 0 saturated carbocycles. The molecule has 0 aromatic heterocycles. The molecule has 0 amide bonds. The second-order valence-electron chi connectivity index (χ2n) is 4.83. The number of aliphatic carboxylic acids is 1. The van der Waals surface area contributed by atoms with E-state index in [0.29, 0.717) is 18.9 Å². The van der Waals surface area contributed by atoms with Crippen molar-refractivity contribution in [1.29, 1.82) is 0 Å². The highest BCUT2D eigenvalue weighted by Gasteiger charge is 2.53. The summed E-state index contributed by atoms with van der Waals surface area (Å²) in [6, 6.07) is 0. The molecule has 0 aromatic rings. The SMILES string of the molecule is COC(=O)C1(C(=O)O)CC2CCCN(C2)C1. The average molecular weight is 227 g/mol. The van der Waals surface area contributed by atoms with E-state index >= 15 is 0 Å². The van der Waals surface area contributed by atoms with E-state index in [2.05, 4.69) is 9.64 Å². The lowest BCUT2D eigenvalue weighted by molar-refractivity contribution is -0.174. The fourth-order valence-electron chi connectivity index (χ4n) is 2.99. The van der Waals surface area contributed by atoms with Gasteiger partial charge in [-0.2, -0.15) is 0 Å². The molecule has 90 valence electrons. The number of ether oxygens (including phenoxy) is 1. The molecule has 2 saturated heterocycles. The first-order chi connectivity index (χ1) is 7.58. The molecule has 2 bridgehead atoms. The number of fused-ring (bicyclic) bond motifs is 2. The highest BCUT2D eigenvalue weighted by molar-refractivity contribution is 5.99. The van der Waals surface area contributed by atoms with E-state index in [1.165, 1.54) is 7.11 Å². The topological polar surface area (TPSA) is 66.8 Å². The van der Waals surface area contributed by atoms with Crippen LogP contribution < -0.4 is 0 Å². The van der Waals surface area contributed by atoms with Crippen LogP contribution in [0.3, 0.4) is 0 Å². The first kappa shape index (κ1) is 11.4. The van der Waals surface area contributed by atoms with Gasteiger partial charge in [-0.3, -0.25) is 9.59 Å². The minimum absolute atomic E-state index is 0.297. The van der Waals surface area contributed by atoms with Gasteiger partial charge in [0.2, 0.25) is 0 Å². The Bertz CT molecular complexity index is 303. The Balaban J connectivity index is 2.26. The number of nitrogens with zero attached hydrogens (tertiary/aromatic N) is 1. The maximum absolute atomic E-state index is 11.7. The molecule has 0 aromatic carbocycles. The van der Waals surface area contributed by atoms with E-state index < -0.39 is 17.4 Å². The molecule has 16 heavy (non-hydrogen) atoms. The summed E-state index contributed by atoms with van der Waals surface area (Å²) in [4.78, 5) is 25.2. The molecule has 2 aliphatic rings. The summed E-state index contributed by atoms with van der Waals surface area (Å²) < 4.78 is 4.67. The van der Waals surface area contributed by atoms with Gasteiger partial charge in [-0.15, -0.1) is 0 Å². The fraction of sp³-hybridized carbons (Fsp3) is 0.818. The van der Waals surface area contributed by atoms with E-state index in [4.69, 9.17) is 0 Å². The van der Waals surface area contributed by atoms with E-state index in [1.807, 2.05) is 0 Å². The molecule has 3 unspecified atom stereocenters. The molecule has 2 fully saturated rings. The Hall–Kier alpha value is -1.10. The van der Waals surface area contributed by atoms with E-state index in [9.17, 15) is 14.7 Å². The minimum atomic E-state index is -1.34. The predicted molar refractivity (Wildman–Crippen MR) is 55.9 cm³/mol. The van der Waals surface area contributed by atoms with Crippen molar-refractivity contribution in [3.05, 3.63) is 0 Å². The molecule has 0 aliphatic carbocycles. The van der Waals surface area contributed by atoms with Crippen LogP contribution in [0.5, 0.6) is 0 Å². The minimum Gasteiger partial charge on any atom is -0.480 e. The molecule has 2 aliphatic heterocycles. The number of hydrogen-bond donors (Lipinski definition) is 1. The molecule has 5 nitrogen and oxygen atoms in total. The third-order valence-corrected chi connectivity index (χ3v) is 3.72. The summed E-state index contributed by atoms with van der Waals surface area (Å²) in [7, 11) is 1.26. The zero-order chi connectivity index (χ0) is 11.8. The monoisotopic (exact) mass is 227 g/mol. The van der Waals surface area contributed by atoms with Gasteiger partial charge in [0.1, 0.15) is 0 Å². The quantitative estimate of drug-likeness (QED) is 0.544. The highest BCUT2D eigenvalue weighted by atomic mass is 16.5. The van der Waals surface area contributed by atoms with Crippen LogP contribution >= 0.6 is 0 Å². The molecule has 2 heterocycles. The Labute approximate surface area is 94.4 Å². The fourth-order valence-corrected chi connectivity index (χ4v) is 2.99. The standard InChI is InChI=1S/C11H17NO4/c1-16-10(15)11(9(13)14)5-8-3-2-4-12(6-8)7-11/h8H,2-7H2,1H3,(H,13,14).